The summed E-state index contributed by atoms with van der Waals surface area (Å²) in [6, 6.07) is 4.21. The van der Waals surface area contributed by atoms with Gasteiger partial charge in [0.25, 0.3) is 0 Å². The number of hydrogen-bond acceptors (Lipinski definition) is 5. The van der Waals surface area contributed by atoms with Gasteiger partial charge in [-0.25, -0.2) is 4.79 Å². The van der Waals surface area contributed by atoms with Gasteiger partial charge in [0.1, 0.15) is 0 Å². The van der Waals surface area contributed by atoms with Gasteiger partial charge in [0.05, 0.1) is 38.6 Å². The SMILES string of the molecule is C#CCNc1cc(OC)c(OC)cc1C(=O)OCC[Si](C)(C)C. The predicted molar refractivity (Wildman–Crippen MR) is 95.3 cm³/mol. The lowest BCUT2D eigenvalue weighted by molar-refractivity contribution is 0.0526. The van der Waals surface area contributed by atoms with E-state index in [-0.39, 0.29) is 0 Å². The van der Waals surface area contributed by atoms with Crippen LogP contribution in [0, 0.1) is 12.3 Å². The number of benzene rings is 1. The minimum Gasteiger partial charge on any atom is -0.493 e. The molecule has 0 aliphatic carbocycles. The number of rotatable bonds is 8. The monoisotopic (exact) mass is 335 g/mol. The molecule has 0 saturated carbocycles. The molecular formula is C17H25NO4Si. The first-order valence-corrected chi connectivity index (χ1v) is 11.1. The third kappa shape index (κ3) is 5.87. The first kappa shape index (κ1) is 18.9. The van der Waals surface area contributed by atoms with Gasteiger partial charge in [0, 0.05) is 20.2 Å². The Kier molecular flexibility index (Phi) is 6.98. The molecular weight excluding hydrogens is 310 g/mol. The smallest absolute Gasteiger partial charge is 0.340 e. The average molecular weight is 335 g/mol. The fraction of sp³-hybridized carbons (Fsp3) is 0.471. The van der Waals surface area contributed by atoms with Crippen molar-refractivity contribution in [1.29, 1.82) is 0 Å². The van der Waals surface area contributed by atoms with Gasteiger partial charge in [-0.05, 0) is 6.04 Å². The van der Waals surface area contributed by atoms with Crippen LogP contribution in [0.5, 0.6) is 11.5 Å². The summed E-state index contributed by atoms with van der Waals surface area (Å²) in [5.41, 5.74) is 0.951. The van der Waals surface area contributed by atoms with Gasteiger partial charge in [-0.1, -0.05) is 25.6 Å². The van der Waals surface area contributed by atoms with Gasteiger partial charge in [0.2, 0.25) is 0 Å². The highest BCUT2D eigenvalue weighted by Crippen LogP contribution is 2.33. The number of nitrogens with one attached hydrogen (secondary N) is 1. The summed E-state index contributed by atoms with van der Waals surface area (Å²) in [7, 11) is 1.80. The van der Waals surface area contributed by atoms with E-state index < -0.39 is 14.0 Å². The Labute approximate surface area is 139 Å². The Hall–Kier alpha value is -2.13. The molecule has 0 saturated heterocycles. The lowest BCUT2D eigenvalue weighted by Gasteiger charge is -2.17. The number of carbonyl (C=O) groups excluding carboxylic acids is 1. The molecule has 0 unspecified atom stereocenters. The molecule has 0 aromatic heterocycles. The van der Waals surface area contributed by atoms with Crippen molar-refractivity contribution in [3.8, 4) is 23.8 Å². The quantitative estimate of drug-likeness (QED) is 0.449. The van der Waals surface area contributed by atoms with Gasteiger partial charge >= 0.3 is 5.97 Å². The van der Waals surface area contributed by atoms with Crippen LogP contribution >= 0.6 is 0 Å². The van der Waals surface area contributed by atoms with Crippen molar-refractivity contribution in [3.63, 3.8) is 0 Å². The summed E-state index contributed by atoms with van der Waals surface area (Å²) in [6.45, 7) is 7.41. The van der Waals surface area contributed by atoms with Crippen LogP contribution in [0.3, 0.4) is 0 Å². The van der Waals surface area contributed by atoms with Crippen LogP contribution in [0.4, 0.5) is 5.69 Å². The van der Waals surface area contributed by atoms with Crippen LogP contribution in [-0.2, 0) is 4.74 Å². The van der Waals surface area contributed by atoms with Gasteiger partial charge in [-0.2, -0.15) is 0 Å². The van der Waals surface area contributed by atoms with Crippen LogP contribution in [-0.4, -0.2) is 41.4 Å². The van der Waals surface area contributed by atoms with Crippen LogP contribution in [0.25, 0.3) is 0 Å². The molecule has 0 aliphatic heterocycles. The van der Waals surface area contributed by atoms with E-state index in [0.29, 0.717) is 35.9 Å². The van der Waals surface area contributed by atoms with Crippen molar-refractivity contribution < 1.29 is 19.0 Å². The van der Waals surface area contributed by atoms with E-state index in [2.05, 4.69) is 30.9 Å². The highest BCUT2D eigenvalue weighted by atomic mass is 28.3. The van der Waals surface area contributed by atoms with Crippen molar-refractivity contribution in [3.05, 3.63) is 17.7 Å². The number of terminal acetylenes is 1. The van der Waals surface area contributed by atoms with Crippen molar-refractivity contribution >= 4 is 19.7 Å². The molecule has 126 valence electrons. The summed E-state index contributed by atoms with van der Waals surface area (Å²) in [5, 5.41) is 3.01. The molecule has 0 spiro atoms. The van der Waals surface area contributed by atoms with Crippen molar-refractivity contribution in [2.75, 3.05) is 32.7 Å². The highest BCUT2D eigenvalue weighted by molar-refractivity contribution is 6.76. The van der Waals surface area contributed by atoms with E-state index in [1.807, 2.05) is 0 Å². The summed E-state index contributed by atoms with van der Waals surface area (Å²) in [5.74, 6) is 3.07. The van der Waals surface area contributed by atoms with E-state index in [9.17, 15) is 4.79 Å². The normalized spacial score (nSPS) is 10.6. The predicted octanol–water partition coefficient (Wildman–Crippen LogP) is 3.24. The van der Waals surface area contributed by atoms with Gasteiger partial charge in [0.15, 0.2) is 11.5 Å². The molecule has 0 fully saturated rings. The van der Waals surface area contributed by atoms with Crippen molar-refractivity contribution in [2.24, 2.45) is 0 Å². The maximum atomic E-state index is 12.4. The molecule has 0 aliphatic rings. The van der Waals surface area contributed by atoms with Crippen molar-refractivity contribution in [2.45, 2.75) is 25.7 Å². The molecule has 23 heavy (non-hydrogen) atoms. The Balaban J connectivity index is 3.01. The number of methoxy groups -OCH3 is 2. The van der Waals surface area contributed by atoms with E-state index in [1.165, 1.54) is 14.2 Å². The Morgan fingerprint density at radius 3 is 2.35 bits per heavy atom. The lowest BCUT2D eigenvalue weighted by Crippen LogP contribution is -2.23. The number of hydrogen-bond donors (Lipinski definition) is 1. The molecule has 0 heterocycles. The molecule has 1 N–H and O–H groups in total. The summed E-state index contributed by atoms with van der Waals surface area (Å²) < 4.78 is 15.9. The van der Waals surface area contributed by atoms with Crippen LogP contribution in [0.15, 0.2) is 12.1 Å². The molecule has 0 atom stereocenters. The first-order chi connectivity index (χ1) is 10.8. The van der Waals surface area contributed by atoms with Crippen LogP contribution in [0.2, 0.25) is 25.7 Å². The van der Waals surface area contributed by atoms with E-state index in [1.54, 1.807) is 12.1 Å². The molecule has 6 heteroatoms. The third-order valence-corrected chi connectivity index (χ3v) is 4.91. The van der Waals surface area contributed by atoms with Gasteiger partial charge < -0.3 is 19.5 Å². The summed E-state index contributed by atoms with van der Waals surface area (Å²) >= 11 is 0. The van der Waals surface area contributed by atoms with Gasteiger partial charge in [-0.3, -0.25) is 0 Å². The Bertz CT molecular complexity index is 587. The van der Waals surface area contributed by atoms with Crippen LogP contribution in [0.1, 0.15) is 10.4 Å². The number of esters is 1. The number of ether oxygens (including phenoxy) is 3. The fourth-order valence-electron chi connectivity index (χ4n) is 1.87. The number of anilines is 1. The second kappa shape index (κ2) is 8.49. The van der Waals surface area contributed by atoms with E-state index in [0.717, 1.165) is 6.04 Å². The largest absolute Gasteiger partial charge is 0.493 e. The second-order valence-electron chi connectivity index (χ2n) is 6.26. The maximum absolute atomic E-state index is 12.4. The Morgan fingerprint density at radius 1 is 1.22 bits per heavy atom. The van der Waals surface area contributed by atoms with Gasteiger partial charge in [-0.15, -0.1) is 6.42 Å². The average Bonchev–Trinajstić information content (AvgIpc) is 2.50. The first-order valence-electron chi connectivity index (χ1n) is 7.43. The minimum absolute atomic E-state index is 0.296. The number of carbonyl (C=O) groups is 1. The highest BCUT2D eigenvalue weighted by Gasteiger charge is 2.19. The van der Waals surface area contributed by atoms with Crippen molar-refractivity contribution in [1.82, 2.24) is 0 Å². The molecule has 1 aromatic carbocycles. The zero-order chi connectivity index (χ0) is 17.5. The zero-order valence-electron chi connectivity index (χ0n) is 14.5. The standard InChI is InChI=1S/C17H25NO4Si/c1-7-8-18-14-12-16(21-3)15(20-2)11-13(14)17(19)22-9-10-23(4,5)6/h1,11-12,18H,8-10H2,2-6H3. The van der Waals surface area contributed by atoms with Crippen LogP contribution < -0.4 is 14.8 Å². The fourth-order valence-corrected chi connectivity index (χ4v) is 2.58. The topological polar surface area (TPSA) is 56.8 Å². The lowest BCUT2D eigenvalue weighted by atomic mass is 10.1. The minimum atomic E-state index is -1.26. The molecule has 1 rings (SSSR count). The molecule has 0 radical (unpaired) electrons. The Morgan fingerprint density at radius 2 is 1.83 bits per heavy atom. The summed E-state index contributed by atoms with van der Waals surface area (Å²) in [6.07, 6.45) is 5.28. The van der Waals surface area contributed by atoms with E-state index >= 15 is 0 Å². The molecule has 0 amide bonds. The second-order valence-corrected chi connectivity index (χ2v) is 11.9. The molecule has 1 aromatic rings. The molecule has 0 bridgehead atoms. The summed E-state index contributed by atoms with van der Waals surface area (Å²) in [4.78, 5) is 12.4. The third-order valence-electron chi connectivity index (χ3n) is 3.21. The van der Waals surface area contributed by atoms with E-state index in [4.69, 9.17) is 20.6 Å². The maximum Gasteiger partial charge on any atom is 0.340 e. The molecule has 5 nitrogen and oxygen atoms in total. The zero-order valence-corrected chi connectivity index (χ0v) is 15.5.